The van der Waals surface area contributed by atoms with Crippen LogP contribution in [-0.2, 0) is 0 Å². The summed E-state index contributed by atoms with van der Waals surface area (Å²) < 4.78 is 11.8. The van der Waals surface area contributed by atoms with Gasteiger partial charge in [0, 0.05) is 36.0 Å². The van der Waals surface area contributed by atoms with Crippen LogP contribution in [0.1, 0.15) is 44.4 Å². The summed E-state index contributed by atoms with van der Waals surface area (Å²) in [6.07, 6.45) is 3.35. The molecule has 2 N–H and O–H groups in total. The van der Waals surface area contributed by atoms with Crippen LogP contribution >= 0.6 is 0 Å². The Morgan fingerprint density at radius 2 is 1.93 bits per heavy atom. The second kappa shape index (κ2) is 7.52. The van der Waals surface area contributed by atoms with Gasteiger partial charge in [-0.15, -0.1) is 0 Å². The average molecular weight is 374 g/mol. The molecule has 1 amide bonds. The molecule has 4 rings (SSSR count). The fraction of sp³-hybridized carbons (Fsp3) is 0.136. The molecule has 1 aromatic heterocycles. The first kappa shape index (κ1) is 17.7. The number of rotatable bonds is 5. The normalized spacial score (nSPS) is 13.9. The highest BCUT2D eigenvalue weighted by Crippen LogP contribution is 2.33. The van der Waals surface area contributed by atoms with Crippen molar-refractivity contribution in [1.29, 1.82) is 0 Å². The molecule has 1 aliphatic rings. The topological polar surface area (TPSA) is 91.5 Å². The highest BCUT2D eigenvalue weighted by Gasteiger charge is 2.21. The number of primary amides is 1. The Morgan fingerprint density at radius 3 is 2.64 bits per heavy atom. The molecule has 140 valence electrons. The molecule has 0 unspecified atom stereocenters. The lowest BCUT2D eigenvalue weighted by molar-refractivity contribution is 0.0932. The van der Waals surface area contributed by atoms with E-state index in [1.165, 1.54) is 0 Å². The minimum Gasteiger partial charge on any atom is -0.492 e. The van der Waals surface area contributed by atoms with Crippen molar-refractivity contribution in [2.75, 3.05) is 6.61 Å². The van der Waals surface area contributed by atoms with Crippen LogP contribution in [0.2, 0.25) is 0 Å². The Kier molecular flexibility index (Phi) is 4.76. The summed E-state index contributed by atoms with van der Waals surface area (Å²) in [6.45, 7) is 0.371. The molecule has 2 heterocycles. The van der Waals surface area contributed by atoms with Crippen molar-refractivity contribution in [1.82, 2.24) is 4.98 Å². The molecular weight excluding hydrogens is 356 g/mol. The van der Waals surface area contributed by atoms with Gasteiger partial charge >= 0.3 is 0 Å². The molecule has 0 radical (unpaired) electrons. The number of hydrogen-bond donors (Lipinski definition) is 1. The first-order chi connectivity index (χ1) is 13.6. The predicted octanol–water partition coefficient (Wildman–Crippen LogP) is 3.31. The monoisotopic (exact) mass is 374 g/mol. The fourth-order valence-electron chi connectivity index (χ4n) is 3.13. The summed E-state index contributed by atoms with van der Waals surface area (Å²) in [6, 6.07) is 15.9. The Balaban J connectivity index is 1.68. The molecule has 6 nitrogen and oxygen atoms in total. The lowest BCUT2D eigenvalue weighted by Crippen LogP contribution is -2.16. The zero-order valence-corrected chi connectivity index (χ0v) is 15.0. The molecule has 0 spiro atoms. The van der Waals surface area contributed by atoms with Gasteiger partial charge in [-0.3, -0.25) is 14.6 Å². The number of Topliss-reactive ketones (excluding diaryl/α,β-unsaturated/α-hetero) is 1. The number of carbonyl (C=O) groups excluding carboxylic acids is 2. The molecular formula is C22H18N2O4. The maximum Gasteiger partial charge on any atom is 0.248 e. The number of nitrogens with zero attached hydrogens (tertiary/aromatic N) is 1. The smallest absolute Gasteiger partial charge is 0.248 e. The number of aromatic nitrogens is 1. The molecule has 1 aliphatic heterocycles. The molecule has 6 heteroatoms. The van der Waals surface area contributed by atoms with E-state index in [0.29, 0.717) is 35.7 Å². The third-order valence-electron chi connectivity index (χ3n) is 4.58. The standard InChI is InChI=1S/C22H18N2O4/c23-22(26)15-5-3-14(4-6-15)21(16-2-1-10-24-13-16)28-17-7-8-18-19(25)9-11-27-20(18)12-17/h1-8,10,12-13,21H,9,11H2,(H2,23,26)/t21-/m1/s1. The summed E-state index contributed by atoms with van der Waals surface area (Å²) in [5, 5.41) is 0. The number of hydrogen-bond acceptors (Lipinski definition) is 5. The molecule has 0 saturated carbocycles. The van der Waals surface area contributed by atoms with Crippen LogP contribution in [0.5, 0.6) is 11.5 Å². The number of amides is 1. The highest BCUT2D eigenvalue weighted by molar-refractivity contribution is 5.99. The summed E-state index contributed by atoms with van der Waals surface area (Å²) in [5.74, 6) is 0.685. The quantitative estimate of drug-likeness (QED) is 0.740. The summed E-state index contributed by atoms with van der Waals surface area (Å²) in [7, 11) is 0. The van der Waals surface area contributed by atoms with Crippen molar-refractivity contribution >= 4 is 11.7 Å². The first-order valence-electron chi connectivity index (χ1n) is 8.88. The fourth-order valence-corrected chi connectivity index (χ4v) is 3.13. The van der Waals surface area contributed by atoms with Gasteiger partial charge in [0.1, 0.15) is 11.5 Å². The van der Waals surface area contributed by atoms with Gasteiger partial charge in [0.15, 0.2) is 11.9 Å². The van der Waals surface area contributed by atoms with Crippen LogP contribution in [0.25, 0.3) is 0 Å². The predicted molar refractivity (Wildman–Crippen MR) is 103 cm³/mol. The van der Waals surface area contributed by atoms with Crippen molar-refractivity contribution < 1.29 is 19.1 Å². The number of fused-ring (bicyclic) bond motifs is 1. The third-order valence-corrected chi connectivity index (χ3v) is 4.58. The molecule has 0 saturated heterocycles. The van der Waals surface area contributed by atoms with Gasteiger partial charge in [0.25, 0.3) is 0 Å². The van der Waals surface area contributed by atoms with Crippen LogP contribution in [0.15, 0.2) is 67.0 Å². The van der Waals surface area contributed by atoms with E-state index in [1.807, 2.05) is 12.1 Å². The molecule has 0 bridgehead atoms. The SMILES string of the molecule is NC(=O)c1ccc([C@@H](Oc2ccc3c(c2)OCCC3=O)c2cccnc2)cc1. The molecule has 0 fully saturated rings. The van der Waals surface area contributed by atoms with Crippen molar-refractivity contribution in [3.63, 3.8) is 0 Å². The summed E-state index contributed by atoms with van der Waals surface area (Å²) in [5.41, 5.74) is 8.02. The zero-order valence-electron chi connectivity index (χ0n) is 15.0. The minimum atomic E-state index is -0.484. The van der Waals surface area contributed by atoms with E-state index in [2.05, 4.69) is 4.98 Å². The Morgan fingerprint density at radius 1 is 1.11 bits per heavy atom. The maximum absolute atomic E-state index is 12.0. The number of pyridine rings is 1. The van der Waals surface area contributed by atoms with Crippen LogP contribution in [0.4, 0.5) is 0 Å². The third kappa shape index (κ3) is 3.57. The van der Waals surface area contributed by atoms with Crippen molar-refractivity contribution in [3.8, 4) is 11.5 Å². The average Bonchev–Trinajstić information content (AvgIpc) is 2.73. The van der Waals surface area contributed by atoms with Crippen LogP contribution in [0.3, 0.4) is 0 Å². The number of benzene rings is 2. The number of ketones is 1. The Labute approximate surface area is 161 Å². The minimum absolute atomic E-state index is 0.0682. The lowest BCUT2D eigenvalue weighted by Gasteiger charge is -2.22. The van der Waals surface area contributed by atoms with Crippen molar-refractivity contribution in [2.45, 2.75) is 12.5 Å². The highest BCUT2D eigenvalue weighted by atomic mass is 16.5. The summed E-state index contributed by atoms with van der Waals surface area (Å²) in [4.78, 5) is 27.5. The first-order valence-corrected chi connectivity index (χ1v) is 8.88. The molecule has 0 aliphatic carbocycles. The maximum atomic E-state index is 12.0. The number of ether oxygens (including phenoxy) is 2. The van der Waals surface area contributed by atoms with Crippen LogP contribution in [0, 0.1) is 0 Å². The summed E-state index contributed by atoms with van der Waals surface area (Å²) >= 11 is 0. The van der Waals surface area contributed by atoms with Crippen LogP contribution in [-0.4, -0.2) is 23.3 Å². The van der Waals surface area contributed by atoms with Gasteiger partial charge in [-0.05, 0) is 35.9 Å². The molecule has 2 aromatic carbocycles. The van der Waals surface area contributed by atoms with E-state index < -0.39 is 12.0 Å². The molecule has 28 heavy (non-hydrogen) atoms. The number of nitrogens with two attached hydrogens (primary N) is 1. The van der Waals surface area contributed by atoms with E-state index in [-0.39, 0.29) is 5.78 Å². The second-order valence-electron chi connectivity index (χ2n) is 6.45. The van der Waals surface area contributed by atoms with Gasteiger partial charge in [-0.1, -0.05) is 18.2 Å². The lowest BCUT2D eigenvalue weighted by atomic mass is 10.0. The zero-order chi connectivity index (χ0) is 19.5. The largest absolute Gasteiger partial charge is 0.492 e. The molecule has 3 aromatic rings. The van der Waals surface area contributed by atoms with Gasteiger partial charge in [0.05, 0.1) is 12.2 Å². The van der Waals surface area contributed by atoms with Gasteiger partial charge in [0.2, 0.25) is 5.91 Å². The second-order valence-corrected chi connectivity index (χ2v) is 6.45. The van der Waals surface area contributed by atoms with Crippen molar-refractivity contribution in [2.24, 2.45) is 5.73 Å². The molecule has 1 atom stereocenters. The van der Waals surface area contributed by atoms with E-state index >= 15 is 0 Å². The van der Waals surface area contributed by atoms with E-state index in [4.69, 9.17) is 15.2 Å². The van der Waals surface area contributed by atoms with Gasteiger partial charge < -0.3 is 15.2 Å². The van der Waals surface area contributed by atoms with Gasteiger partial charge in [-0.2, -0.15) is 0 Å². The number of carbonyl (C=O) groups is 2. The van der Waals surface area contributed by atoms with E-state index in [1.54, 1.807) is 54.9 Å². The van der Waals surface area contributed by atoms with E-state index in [9.17, 15) is 9.59 Å². The Hall–Kier alpha value is -3.67. The van der Waals surface area contributed by atoms with Gasteiger partial charge in [-0.25, -0.2) is 0 Å². The van der Waals surface area contributed by atoms with E-state index in [0.717, 1.165) is 11.1 Å². The van der Waals surface area contributed by atoms with Crippen molar-refractivity contribution in [3.05, 3.63) is 89.2 Å². The van der Waals surface area contributed by atoms with Crippen LogP contribution < -0.4 is 15.2 Å². The Bertz CT molecular complexity index is 1020.